The first-order chi connectivity index (χ1) is 6.90. The van der Waals surface area contributed by atoms with E-state index >= 15 is 0 Å². The Kier molecular flexibility index (Phi) is 3.76. The standard InChI is InChI=1S/C9H12F3NO2/c1-13(6-9(10,11)12)4-7-2-3-8(5-14)15-7/h2-3,14H,4-6H2,1H3. The quantitative estimate of drug-likeness (QED) is 0.845. The van der Waals surface area contributed by atoms with Crippen LogP contribution in [-0.2, 0) is 13.2 Å². The topological polar surface area (TPSA) is 36.6 Å². The van der Waals surface area contributed by atoms with Gasteiger partial charge in [-0.1, -0.05) is 0 Å². The lowest BCUT2D eigenvalue weighted by atomic mass is 10.4. The summed E-state index contributed by atoms with van der Waals surface area (Å²) in [5.74, 6) is 0.760. The highest BCUT2D eigenvalue weighted by atomic mass is 19.4. The number of alkyl halides is 3. The van der Waals surface area contributed by atoms with Gasteiger partial charge in [-0.05, 0) is 19.2 Å². The first-order valence-corrected chi connectivity index (χ1v) is 4.34. The van der Waals surface area contributed by atoms with E-state index in [1.807, 2.05) is 0 Å². The molecule has 0 unspecified atom stereocenters. The zero-order chi connectivity index (χ0) is 11.5. The molecule has 0 aromatic carbocycles. The van der Waals surface area contributed by atoms with Gasteiger partial charge in [-0.15, -0.1) is 0 Å². The van der Waals surface area contributed by atoms with Crippen LogP contribution in [0.5, 0.6) is 0 Å². The molecule has 1 heterocycles. The number of nitrogens with zero attached hydrogens (tertiary/aromatic N) is 1. The molecule has 15 heavy (non-hydrogen) atoms. The van der Waals surface area contributed by atoms with Gasteiger partial charge >= 0.3 is 6.18 Å². The molecule has 0 spiro atoms. The van der Waals surface area contributed by atoms with Crippen LogP contribution < -0.4 is 0 Å². The summed E-state index contributed by atoms with van der Waals surface area (Å²) >= 11 is 0. The van der Waals surface area contributed by atoms with E-state index in [0.29, 0.717) is 11.5 Å². The molecule has 1 rings (SSSR count). The number of aliphatic hydroxyl groups excluding tert-OH is 1. The summed E-state index contributed by atoms with van der Waals surface area (Å²) in [6.45, 7) is -1.16. The van der Waals surface area contributed by atoms with Crippen LogP contribution in [0.15, 0.2) is 16.5 Å². The second kappa shape index (κ2) is 4.67. The molecule has 1 N–H and O–H groups in total. The molecule has 0 bridgehead atoms. The van der Waals surface area contributed by atoms with Crippen LogP contribution in [0.25, 0.3) is 0 Å². The zero-order valence-electron chi connectivity index (χ0n) is 8.21. The lowest BCUT2D eigenvalue weighted by Gasteiger charge is -2.16. The molecule has 1 aromatic heterocycles. The van der Waals surface area contributed by atoms with Gasteiger partial charge < -0.3 is 9.52 Å². The highest BCUT2D eigenvalue weighted by molar-refractivity contribution is 5.06. The first-order valence-electron chi connectivity index (χ1n) is 4.34. The molecule has 6 heteroatoms. The molecule has 1 aromatic rings. The third-order valence-corrected chi connectivity index (χ3v) is 1.75. The molecule has 0 fully saturated rings. The van der Waals surface area contributed by atoms with Crippen LogP contribution in [0.3, 0.4) is 0 Å². The molecular formula is C9H12F3NO2. The number of aliphatic hydroxyl groups is 1. The molecule has 0 amide bonds. The summed E-state index contributed by atoms with van der Waals surface area (Å²) in [4.78, 5) is 1.10. The number of halogens is 3. The van der Waals surface area contributed by atoms with E-state index in [-0.39, 0.29) is 13.2 Å². The maximum atomic E-state index is 12.0. The predicted molar refractivity (Wildman–Crippen MR) is 47.0 cm³/mol. The van der Waals surface area contributed by atoms with E-state index in [2.05, 4.69) is 0 Å². The Balaban J connectivity index is 2.47. The number of hydrogen-bond donors (Lipinski definition) is 1. The summed E-state index contributed by atoms with van der Waals surface area (Å²) in [6.07, 6.45) is -4.21. The maximum absolute atomic E-state index is 12.0. The van der Waals surface area contributed by atoms with Crippen molar-refractivity contribution in [3.05, 3.63) is 23.7 Å². The van der Waals surface area contributed by atoms with Crippen LogP contribution in [0.2, 0.25) is 0 Å². The molecule has 3 nitrogen and oxygen atoms in total. The van der Waals surface area contributed by atoms with Crippen molar-refractivity contribution in [2.45, 2.75) is 19.3 Å². The van der Waals surface area contributed by atoms with E-state index in [9.17, 15) is 13.2 Å². The van der Waals surface area contributed by atoms with Crippen LogP contribution >= 0.6 is 0 Å². The Morgan fingerprint density at radius 2 is 1.93 bits per heavy atom. The zero-order valence-corrected chi connectivity index (χ0v) is 8.21. The normalized spacial score (nSPS) is 12.4. The van der Waals surface area contributed by atoms with Crippen LogP contribution in [-0.4, -0.2) is 29.8 Å². The first kappa shape index (κ1) is 12.1. The lowest BCUT2D eigenvalue weighted by Crippen LogP contribution is -2.30. The highest BCUT2D eigenvalue weighted by Gasteiger charge is 2.29. The molecule has 0 saturated carbocycles. The Morgan fingerprint density at radius 1 is 1.33 bits per heavy atom. The summed E-state index contributed by atoms with van der Waals surface area (Å²) in [7, 11) is 1.36. The van der Waals surface area contributed by atoms with Crippen LogP contribution in [0, 0.1) is 0 Å². The van der Waals surface area contributed by atoms with Gasteiger partial charge in [0.25, 0.3) is 0 Å². The lowest BCUT2D eigenvalue weighted by molar-refractivity contribution is -0.144. The smallest absolute Gasteiger partial charge is 0.401 e. The van der Waals surface area contributed by atoms with Crippen molar-refractivity contribution in [1.29, 1.82) is 0 Å². The minimum atomic E-state index is -4.21. The molecule has 0 aliphatic carbocycles. The molecule has 0 aliphatic rings. The molecule has 86 valence electrons. The molecular weight excluding hydrogens is 211 g/mol. The van der Waals surface area contributed by atoms with Crippen molar-refractivity contribution in [2.24, 2.45) is 0 Å². The minimum absolute atomic E-state index is 0.0690. The highest BCUT2D eigenvalue weighted by Crippen LogP contribution is 2.17. The Morgan fingerprint density at radius 3 is 2.40 bits per heavy atom. The van der Waals surface area contributed by atoms with E-state index in [4.69, 9.17) is 9.52 Å². The van der Waals surface area contributed by atoms with Crippen molar-refractivity contribution >= 4 is 0 Å². The van der Waals surface area contributed by atoms with E-state index < -0.39 is 12.7 Å². The van der Waals surface area contributed by atoms with E-state index in [1.165, 1.54) is 13.1 Å². The number of rotatable bonds is 4. The fourth-order valence-electron chi connectivity index (χ4n) is 1.22. The average molecular weight is 223 g/mol. The van der Waals surface area contributed by atoms with Gasteiger partial charge in [0, 0.05) is 0 Å². The summed E-state index contributed by atoms with van der Waals surface area (Å²) in [5.41, 5.74) is 0. The summed E-state index contributed by atoms with van der Waals surface area (Å²) in [5, 5.41) is 8.68. The van der Waals surface area contributed by atoms with E-state index in [0.717, 1.165) is 4.90 Å². The molecule has 0 saturated heterocycles. The monoisotopic (exact) mass is 223 g/mol. The van der Waals surface area contributed by atoms with E-state index in [1.54, 1.807) is 6.07 Å². The Bertz CT molecular complexity index is 309. The maximum Gasteiger partial charge on any atom is 0.401 e. The van der Waals surface area contributed by atoms with Gasteiger partial charge in [0.1, 0.15) is 18.1 Å². The van der Waals surface area contributed by atoms with Gasteiger partial charge in [-0.2, -0.15) is 13.2 Å². The second-order valence-corrected chi connectivity index (χ2v) is 3.31. The second-order valence-electron chi connectivity index (χ2n) is 3.31. The Labute approximate surface area is 85.1 Å². The molecule has 0 aliphatic heterocycles. The predicted octanol–water partition coefficient (Wildman–Crippen LogP) is 1.77. The SMILES string of the molecule is CN(Cc1ccc(CO)o1)CC(F)(F)F. The molecule has 0 radical (unpaired) electrons. The fourth-order valence-corrected chi connectivity index (χ4v) is 1.22. The average Bonchev–Trinajstić information content (AvgIpc) is 2.48. The minimum Gasteiger partial charge on any atom is -0.462 e. The van der Waals surface area contributed by atoms with Crippen molar-refractivity contribution < 1.29 is 22.7 Å². The van der Waals surface area contributed by atoms with Gasteiger partial charge in [-0.3, -0.25) is 4.90 Å². The third kappa shape index (κ3) is 4.35. The Hall–Kier alpha value is -1.01. The molecule has 0 atom stereocenters. The van der Waals surface area contributed by atoms with Crippen molar-refractivity contribution in [3.63, 3.8) is 0 Å². The van der Waals surface area contributed by atoms with Crippen molar-refractivity contribution in [3.8, 4) is 0 Å². The van der Waals surface area contributed by atoms with Crippen molar-refractivity contribution in [2.75, 3.05) is 13.6 Å². The third-order valence-electron chi connectivity index (χ3n) is 1.75. The van der Waals surface area contributed by atoms with Gasteiger partial charge in [-0.25, -0.2) is 0 Å². The van der Waals surface area contributed by atoms with Gasteiger partial charge in [0.05, 0.1) is 13.1 Å². The van der Waals surface area contributed by atoms with Crippen LogP contribution in [0.1, 0.15) is 11.5 Å². The van der Waals surface area contributed by atoms with Crippen molar-refractivity contribution in [1.82, 2.24) is 4.90 Å². The van der Waals surface area contributed by atoms with Gasteiger partial charge in [0.15, 0.2) is 0 Å². The van der Waals surface area contributed by atoms with Gasteiger partial charge in [0.2, 0.25) is 0 Å². The summed E-state index contributed by atoms with van der Waals surface area (Å²) < 4.78 is 41.0. The largest absolute Gasteiger partial charge is 0.462 e. The number of hydrogen-bond acceptors (Lipinski definition) is 3. The number of furan rings is 1. The summed E-state index contributed by atoms with van der Waals surface area (Å²) in [6, 6.07) is 3.09. The van der Waals surface area contributed by atoms with Crippen LogP contribution in [0.4, 0.5) is 13.2 Å². The fraction of sp³-hybridized carbons (Fsp3) is 0.556.